The van der Waals surface area contributed by atoms with E-state index in [-0.39, 0.29) is 17.9 Å². The van der Waals surface area contributed by atoms with Crippen molar-refractivity contribution in [2.45, 2.75) is 19.9 Å². The zero-order valence-corrected chi connectivity index (χ0v) is 16.3. The minimum atomic E-state index is -0.265. The first kappa shape index (κ1) is 18.6. The normalized spacial score (nSPS) is 11.0. The van der Waals surface area contributed by atoms with E-state index < -0.39 is 0 Å². The molecule has 2 aromatic heterocycles. The molecule has 0 saturated heterocycles. The highest BCUT2D eigenvalue weighted by Gasteiger charge is 2.16. The first-order chi connectivity index (χ1) is 14.0. The predicted octanol–water partition coefficient (Wildman–Crippen LogP) is 2.67. The number of carbonyl (C=O) groups excluding carboxylic acids is 1. The number of amides is 1. The maximum absolute atomic E-state index is 12.7. The lowest BCUT2D eigenvalue weighted by Crippen LogP contribution is -2.25. The molecule has 0 aliphatic carbocycles. The van der Waals surface area contributed by atoms with Crippen molar-refractivity contribution in [1.29, 1.82) is 0 Å². The van der Waals surface area contributed by atoms with E-state index in [1.54, 1.807) is 14.0 Å². The van der Waals surface area contributed by atoms with E-state index in [1.165, 1.54) is 10.9 Å². The van der Waals surface area contributed by atoms with E-state index in [9.17, 15) is 9.59 Å². The first-order valence-electron chi connectivity index (χ1n) is 9.33. The molecule has 0 bridgehead atoms. The van der Waals surface area contributed by atoms with Crippen LogP contribution in [0.5, 0.6) is 0 Å². The van der Waals surface area contributed by atoms with Crippen molar-refractivity contribution < 1.29 is 4.79 Å². The zero-order valence-electron chi connectivity index (χ0n) is 16.3. The van der Waals surface area contributed by atoms with Gasteiger partial charge < -0.3 is 9.13 Å². The van der Waals surface area contributed by atoms with E-state index in [0.29, 0.717) is 23.8 Å². The molecule has 1 N–H and O–H groups in total. The van der Waals surface area contributed by atoms with Crippen molar-refractivity contribution in [3.8, 4) is 0 Å². The molecule has 0 fully saturated rings. The van der Waals surface area contributed by atoms with Gasteiger partial charge in [0.1, 0.15) is 0 Å². The largest absolute Gasteiger partial charge is 0.305 e. The SMILES string of the molecule is Cc1c(CC(=O)Nc2nc3ccccc3n2Cc2ccccc2)ncn(C)c1=O. The Hall–Kier alpha value is -3.74. The molecule has 0 aliphatic heterocycles. The molecule has 2 aromatic carbocycles. The maximum Gasteiger partial charge on any atom is 0.256 e. The van der Waals surface area contributed by atoms with Crippen molar-refractivity contribution in [3.05, 3.63) is 88.1 Å². The summed E-state index contributed by atoms with van der Waals surface area (Å²) in [6, 6.07) is 17.8. The monoisotopic (exact) mass is 387 g/mol. The van der Waals surface area contributed by atoms with Crippen LogP contribution in [-0.4, -0.2) is 25.0 Å². The molecule has 7 heteroatoms. The molecule has 29 heavy (non-hydrogen) atoms. The second-order valence-corrected chi connectivity index (χ2v) is 6.95. The number of aromatic nitrogens is 4. The van der Waals surface area contributed by atoms with Crippen molar-refractivity contribution in [2.24, 2.45) is 7.05 Å². The summed E-state index contributed by atoms with van der Waals surface area (Å²) in [4.78, 5) is 33.6. The van der Waals surface area contributed by atoms with Crippen LogP contribution >= 0.6 is 0 Å². The maximum atomic E-state index is 12.7. The number of hydrogen-bond acceptors (Lipinski definition) is 4. The number of carbonyl (C=O) groups is 1. The summed E-state index contributed by atoms with van der Waals surface area (Å²) in [7, 11) is 1.64. The smallest absolute Gasteiger partial charge is 0.256 e. The number of nitrogens with zero attached hydrogens (tertiary/aromatic N) is 4. The van der Waals surface area contributed by atoms with Crippen LogP contribution in [0.3, 0.4) is 0 Å². The lowest BCUT2D eigenvalue weighted by molar-refractivity contribution is -0.115. The predicted molar refractivity (Wildman–Crippen MR) is 112 cm³/mol. The Morgan fingerprint density at radius 2 is 1.79 bits per heavy atom. The summed E-state index contributed by atoms with van der Waals surface area (Å²) >= 11 is 0. The van der Waals surface area contributed by atoms with Crippen LogP contribution in [0.1, 0.15) is 16.8 Å². The highest BCUT2D eigenvalue weighted by atomic mass is 16.2. The minimum absolute atomic E-state index is 0.0104. The second-order valence-electron chi connectivity index (χ2n) is 6.95. The van der Waals surface area contributed by atoms with Gasteiger partial charge in [-0.15, -0.1) is 0 Å². The Kier molecular flexibility index (Phi) is 4.95. The topological polar surface area (TPSA) is 81.8 Å². The molecule has 0 spiro atoms. The fourth-order valence-corrected chi connectivity index (χ4v) is 3.29. The molecule has 0 radical (unpaired) electrons. The fraction of sp³-hybridized carbons (Fsp3) is 0.182. The number of fused-ring (bicyclic) bond motifs is 1. The Balaban J connectivity index is 1.64. The Morgan fingerprint density at radius 3 is 2.59 bits per heavy atom. The van der Waals surface area contributed by atoms with Gasteiger partial charge in [-0.2, -0.15) is 0 Å². The molecule has 146 valence electrons. The van der Waals surface area contributed by atoms with E-state index >= 15 is 0 Å². The van der Waals surface area contributed by atoms with Gasteiger partial charge >= 0.3 is 0 Å². The number of anilines is 1. The summed E-state index contributed by atoms with van der Waals surface area (Å²) < 4.78 is 3.38. The lowest BCUT2D eigenvalue weighted by Gasteiger charge is -2.11. The molecule has 0 aliphatic rings. The summed E-state index contributed by atoms with van der Waals surface area (Å²) in [5.74, 6) is 0.208. The molecule has 0 unspecified atom stereocenters. The number of aryl methyl sites for hydroxylation is 1. The van der Waals surface area contributed by atoms with Crippen LogP contribution in [0.4, 0.5) is 5.95 Å². The number of imidazole rings is 1. The average molecular weight is 387 g/mol. The molecule has 0 atom stereocenters. The highest BCUT2D eigenvalue weighted by molar-refractivity contribution is 5.92. The first-order valence-corrected chi connectivity index (χ1v) is 9.33. The molecule has 1 amide bonds. The molecule has 2 heterocycles. The third-order valence-corrected chi connectivity index (χ3v) is 4.88. The standard InChI is InChI=1S/C22H21N5O2/c1-15-18(23-14-26(2)21(15)29)12-20(28)25-22-24-17-10-6-7-11-19(17)27(22)13-16-8-4-3-5-9-16/h3-11,14H,12-13H2,1-2H3,(H,24,25,28). The Morgan fingerprint density at radius 1 is 1.07 bits per heavy atom. The summed E-state index contributed by atoms with van der Waals surface area (Å²) in [5.41, 5.74) is 3.64. The Bertz CT molecular complexity index is 1240. The summed E-state index contributed by atoms with van der Waals surface area (Å²) in [6.45, 7) is 2.27. The van der Waals surface area contributed by atoms with Gasteiger partial charge in [-0.25, -0.2) is 9.97 Å². The van der Waals surface area contributed by atoms with Crippen molar-refractivity contribution >= 4 is 22.9 Å². The quantitative estimate of drug-likeness (QED) is 0.571. The van der Waals surface area contributed by atoms with Gasteiger partial charge in [0.25, 0.3) is 5.56 Å². The van der Waals surface area contributed by atoms with Crippen LogP contribution in [0, 0.1) is 6.92 Å². The van der Waals surface area contributed by atoms with E-state index in [2.05, 4.69) is 15.3 Å². The number of hydrogen-bond donors (Lipinski definition) is 1. The van der Waals surface area contributed by atoms with Crippen LogP contribution in [0.2, 0.25) is 0 Å². The Labute approximate surface area is 167 Å². The number of para-hydroxylation sites is 2. The van der Waals surface area contributed by atoms with Gasteiger partial charge in [0.05, 0.1) is 36.0 Å². The van der Waals surface area contributed by atoms with Crippen molar-refractivity contribution in [2.75, 3.05) is 5.32 Å². The number of benzene rings is 2. The molecule has 4 rings (SSSR count). The van der Waals surface area contributed by atoms with Gasteiger partial charge in [-0.3, -0.25) is 14.9 Å². The molecule has 0 saturated carbocycles. The molecule has 7 nitrogen and oxygen atoms in total. The van der Waals surface area contributed by atoms with E-state index in [0.717, 1.165) is 16.6 Å². The third kappa shape index (κ3) is 3.80. The van der Waals surface area contributed by atoms with Gasteiger partial charge in [0, 0.05) is 12.6 Å². The van der Waals surface area contributed by atoms with Crippen LogP contribution in [0.15, 0.2) is 65.7 Å². The lowest BCUT2D eigenvalue weighted by atomic mass is 10.2. The highest BCUT2D eigenvalue weighted by Crippen LogP contribution is 2.21. The van der Waals surface area contributed by atoms with Gasteiger partial charge in [0.2, 0.25) is 11.9 Å². The number of rotatable bonds is 5. The fourth-order valence-electron chi connectivity index (χ4n) is 3.29. The van der Waals surface area contributed by atoms with Gasteiger partial charge in [-0.05, 0) is 24.6 Å². The van der Waals surface area contributed by atoms with Crippen LogP contribution in [0.25, 0.3) is 11.0 Å². The summed E-state index contributed by atoms with van der Waals surface area (Å²) in [5, 5.41) is 2.89. The van der Waals surface area contributed by atoms with Crippen molar-refractivity contribution in [1.82, 2.24) is 19.1 Å². The van der Waals surface area contributed by atoms with Crippen molar-refractivity contribution in [3.63, 3.8) is 0 Å². The van der Waals surface area contributed by atoms with E-state index in [4.69, 9.17) is 0 Å². The van der Waals surface area contributed by atoms with Crippen LogP contribution in [-0.2, 0) is 24.8 Å². The average Bonchev–Trinajstić information content (AvgIpc) is 3.06. The van der Waals surface area contributed by atoms with Gasteiger partial charge in [0.15, 0.2) is 0 Å². The van der Waals surface area contributed by atoms with E-state index in [1.807, 2.05) is 59.2 Å². The molecular formula is C22H21N5O2. The molecular weight excluding hydrogens is 366 g/mol. The van der Waals surface area contributed by atoms with Gasteiger partial charge in [-0.1, -0.05) is 42.5 Å². The minimum Gasteiger partial charge on any atom is -0.305 e. The second kappa shape index (κ2) is 7.71. The molecule has 4 aromatic rings. The third-order valence-electron chi connectivity index (χ3n) is 4.88. The zero-order chi connectivity index (χ0) is 20.4. The summed E-state index contributed by atoms with van der Waals surface area (Å²) in [6.07, 6.45) is 1.44. The van der Waals surface area contributed by atoms with Crippen LogP contribution < -0.4 is 10.9 Å². The number of nitrogens with one attached hydrogen (secondary N) is 1.